The first-order valence-electron chi connectivity index (χ1n) is 6.26. The zero-order valence-electron chi connectivity index (χ0n) is 10.9. The lowest BCUT2D eigenvalue weighted by atomic mass is 9.92. The van der Waals surface area contributed by atoms with Crippen LogP contribution in [0.4, 0.5) is 0 Å². The van der Waals surface area contributed by atoms with E-state index < -0.39 is 5.60 Å². The van der Waals surface area contributed by atoms with Gasteiger partial charge < -0.3 is 4.74 Å². The van der Waals surface area contributed by atoms with Crippen molar-refractivity contribution in [3.05, 3.63) is 47.0 Å². The summed E-state index contributed by atoms with van der Waals surface area (Å²) in [6.07, 6.45) is 4.26. The summed E-state index contributed by atoms with van der Waals surface area (Å²) in [5.41, 5.74) is 2.51. The fraction of sp³-hybridized carbons (Fsp3) is 0.400. The van der Waals surface area contributed by atoms with Crippen molar-refractivity contribution < 1.29 is 9.53 Å². The normalized spacial score (nSPS) is 24.2. The second-order valence-electron chi connectivity index (χ2n) is 5.82. The molecular weight excluding hydrogens is 226 g/mol. The van der Waals surface area contributed by atoms with Crippen molar-refractivity contribution >= 4 is 5.97 Å². The molecule has 2 unspecified atom stereocenters. The van der Waals surface area contributed by atoms with Gasteiger partial charge in [0.2, 0.25) is 0 Å². The summed E-state index contributed by atoms with van der Waals surface area (Å²) in [7, 11) is 0. The van der Waals surface area contributed by atoms with Gasteiger partial charge in [-0.15, -0.1) is 0 Å². The van der Waals surface area contributed by atoms with E-state index in [9.17, 15) is 4.79 Å². The fourth-order valence-electron chi connectivity index (χ4n) is 2.61. The predicted molar refractivity (Wildman–Crippen MR) is 69.4 cm³/mol. The number of ether oxygens (including phenoxy) is 1. The maximum atomic E-state index is 12.2. The van der Waals surface area contributed by atoms with Gasteiger partial charge in [-0.3, -0.25) is 5.32 Å². The number of nitrogens with one attached hydrogen (secondary N) is 1. The summed E-state index contributed by atoms with van der Waals surface area (Å²) < 4.78 is 5.47. The molecule has 94 valence electrons. The number of esters is 1. The molecule has 2 aliphatic rings. The Morgan fingerprint density at radius 3 is 2.67 bits per heavy atom. The summed E-state index contributed by atoms with van der Waals surface area (Å²) in [4.78, 5) is 12.2. The van der Waals surface area contributed by atoms with Gasteiger partial charge in [0.25, 0.3) is 0 Å². The molecule has 1 aromatic rings. The lowest BCUT2D eigenvalue weighted by molar-refractivity contribution is 0.00681. The van der Waals surface area contributed by atoms with Crippen LogP contribution in [-0.4, -0.2) is 11.6 Å². The number of fused-ring (bicyclic) bond motifs is 5. The van der Waals surface area contributed by atoms with Crippen molar-refractivity contribution in [2.24, 2.45) is 0 Å². The molecule has 3 rings (SSSR count). The minimum Gasteiger partial charge on any atom is -0.456 e. The molecule has 1 N–H and O–H groups in total. The van der Waals surface area contributed by atoms with Crippen LogP contribution in [0.15, 0.2) is 30.4 Å². The Labute approximate surface area is 107 Å². The van der Waals surface area contributed by atoms with Crippen LogP contribution in [0.5, 0.6) is 0 Å². The second-order valence-corrected chi connectivity index (χ2v) is 5.82. The Hall–Kier alpha value is -1.61. The maximum absolute atomic E-state index is 12.2. The largest absolute Gasteiger partial charge is 0.456 e. The molecule has 0 saturated heterocycles. The average molecular weight is 243 g/mol. The molecule has 0 spiro atoms. The minimum atomic E-state index is -0.458. The van der Waals surface area contributed by atoms with E-state index in [0.29, 0.717) is 5.56 Å². The monoisotopic (exact) mass is 243 g/mol. The Kier molecular flexibility index (Phi) is 2.35. The predicted octanol–water partition coefficient (Wildman–Crippen LogP) is 2.90. The van der Waals surface area contributed by atoms with Crippen LogP contribution >= 0.6 is 0 Å². The molecule has 2 bridgehead atoms. The van der Waals surface area contributed by atoms with Gasteiger partial charge in [-0.2, -0.15) is 0 Å². The summed E-state index contributed by atoms with van der Waals surface area (Å²) in [5, 5.41) is 3.43. The zero-order chi connectivity index (χ0) is 12.9. The van der Waals surface area contributed by atoms with E-state index in [1.54, 1.807) is 0 Å². The van der Waals surface area contributed by atoms with Gasteiger partial charge in [0, 0.05) is 0 Å². The minimum absolute atomic E-state index is 0.161. The van der Waals surface area contributed by atoms with E-state index in [2.05, 4.69) is 23.5 Å². The van der Waals surface area contributed by atoms with E-state index in [-0.39, 0.29) is 18.1 Å². The van der Waals surface area contributed by atoms with Gasteiger partial charge in [-0.05, 0) is 38.0 Å². The summed E-state index contributed by atoms with van der Waals surface area (Å²) in [6.45, 7) is 5.66. The summed E-state index contributed by atoms with van der Waals surface area (Å²) >= 11 is 0. The van der Waals surface area contributed by atoms with Gasteiger partial charge in [-0.1, -0.05) is 24.3 Å². The number of carbonyl (C=O) groups excluding carboxylic acids is 1. The third-order valence-electron chi connectivity index (χ3n) is 3.26. The van der Waals surface area contributed by atoms with Crippen LogP contribution in [0, 0.1) is 0 Å². The van der Waals surface area contributed by atoms with E-state index in [1.807, 2.05) is 32.9 Å². The van der Waals surface area contributed by atoms with E-state index in [0.717, 1.165) is 5.56 Å². The molecule has 1 aromatic carbocycles. The van der Waals surface area contributed by atoms with Gasteiger partial charge in [0.1, 0.15) is 5.60 Å². The van der Waals surface area contributed by atoms with E-state index >= 15 is 0 Å². The summed E-state index contributed by atoms with van der Waals surface area (Å²) in [5.74, 6) is -0.234. The molecule has 0 aromatic heterocycles. The molecule has 3 heteroatoms. The van der Waals surface area contributed by atoms with E-state index in [1.165, 1.54) is 5.56 Å². The number of hydrogen-bond donors (Lipinski definition) is 1. The van der Waals surface area contributed by atoms with Gasteiger partial charge in [0.15, 0.2) is 0 Å². The second kappa shape index (κ2) is 3.69. The standard InChI is InChI=1S/C15H17NO2/c1-15(2,3)18-14(17)10-6-4-5-9-11-7-8-12(16-11)13(9)10/h4-8,11-12,16H,1-3H3. The number of carbonyl (C=O) groups is 1. The lowest BCUT2D eigenvalue weighted by Gasteiger charge is -2.21. The highest BCUT2D eigenvalue weighted by Gasteiger charge is 2.35. The van der Waals surface area contributed by atoms with Crippen LogP contribution in [0.1, 0.15) is 54.3 Å². The molecule has 0 radical (unpaired) electrons. The van der Waals surface area contributed by atoms with Crippen molar-refractivity contribution in [1.82, 2.24) is 5.32 Å². The Bertz CT molecular complexity index is 540. The molecule has 3 nitrogen and oxygen atoms in total. The number of benzene rings is 1. The van der Waals surface area contributed by atoms with Crippen LogP contribution in [-0.2, 0) is 4.74 Å². The molecule has 2 heterocycles. The molecule has 0 fully saturated rings. The van der Waals surface area contributed by atoms with Crippen molar-refractivity contribution in [2.45, 2.75) is 38.5 Å². The highest BCUT2D eigenvalue weighted by molar-refractivity contribution is 5.92. The molecule has 18 heavy (non-hydrogen) atoms. The topological polar surface area (TPSA) is 38.3 Å². The molecule has 0 saturated carbocycles. The highest BCUT2D eigenvalue weighted by Crippen LogP contribution is 2.41. The van der Waals surface area contributed by atoms with Gasteiger partial charge in [0.05, 0.1) is 17.6 Å². The number of hydrogen-bond acceptors (Lipinski definition) is 3. The Morgan fingerprint density at radius 2 is 1.94 bits per heavy atom. The van der Waals surface area contributed by atoms with Crippen LogP contribution in [0.25, 0.3) is 0 Å². The smallest absolute Gasteiger partial charge is 0.339 e. The third-order valence-corrected chi connectivity index (χ3v) is 3.26. The van der Waals surface area contributed by atoms with Crippen LogP contribution in [0.2, 0.25) is 0 Å². The van der Waals surface area contributed by atoms with Crippen molar-refractivity contribution in [2.75, 3.05) is 0 Å². The molecule has 0 aliphatic carbocycles. The number of rotatable bonds is 1. The van der Waals surface area contributed by atoms with Crippen molar-refractivity contribution in [3.8, 4) is 0 Å². The van der Waals surface area contributed by atoms with Gasteiger partial charge >= 0.3 is 5.97 Å². The quantitative estimate of drug-likeness (QED) is 0.609. The first kappa shape index (κ1) is 11.5. The van der Waals surface area contributed by atoms with Crippen LogP contribution in [0.3, 0.4) is 0 Å². The Morgan fingerprint density at radius 1 is 1.22 bits per heavy atom. The lowest BCUT2D eigenvalue weighted by Crippen LogP contribution is -2.25. The van der Waals surface area contributed by atoms with Crippen molar-refractivity contribution in [3.63, 3.8) is 0 Å². The summed E-state index contributed by atoms with van der Waals surface area (Å²) in [6, 6.07) is 6.27. The molecule has 2 atom stereocenters. The molecule has 2 aliphatic heterocycles. The maximum Gasteiger partial charge on any atom is 0.339 e. The highest BCUT2D eigenvalue weighted by atomic mass is 16.6. The first-order valence-corrected chi connectivity index (χ1v) is 6.26. The fourth-order valence-corrected chi connectivity index (χ4v) is 2.61. The average Bonchev–Trinajstić information content (AvgIpc) is 2.87. The molecular formula is C15H17NO2. The molecule has 0 amide bonds. The van der Waals surface area contributed by atoms with Crippen LogP contribution < -0.4 is 5.32 Å². The SMILES string of the molecule is CC(C)(C)OC(=O)c1cccc2c1C1C=CC2N1. The van der Waals surface area contributed by atoms with Gasteiger partial charge in [-0.25, -0.2) is 4.79 Å². The van der Waals surface area contributed by atoms with E-state index in [4.69, 9.17) is 4.74 Å². The first-order chi connectivity index (χ1) is 8.46. The zero-order valence-corrected chi connectivity index (χ0v) is 10.9. The van der Waals surface area contributed by atoms with Crippen molar-refractivity contribution in [1.29, 1.82) is 0 Å². The third kappa shape index (κ3) is 1.75. The Balaban J connectivity index is 1.99.